The van der Waals surface area contributed by atoms with E-state index in [4.69, 9.17) is 4.74 Å². The van der Waals surface area contributed by atoms with E-state index in [1.165, 1.54) is 12.8 Å². The van der Waals surface area contributed by atoms with Gasteiger partial charge in [-0.2, -0.15) is 0 Å². The summed E-state index contributed by atoms with van der Waals surface area (Å²) in [5.41, 5.74) is 0.165. The summed E-state index contributed by atoms with van der Waals surface area (Å²) < 4.78 is 5.39. The van der Waals surface area contributed by atoms with Gasteiger partial charge in [-0.1, -0.05) is 0 Å². The largest absolute Gasteiger partial charge is 0.381 e. The molecule has 0 bridgehead atoms. The van der Waals surface area contributed by atoms with Gasteiger partial charge < -0.3 is 4.74 Å². The van der Waals surface area contributed by atoms with Crippen molar-refractivity contribution in [1.29, 1.82) is 0 Å². The van der Waals surface area contributed by atoms with Crippen molar-refractivity contribution in [3.63, 3.8) is 0 Å². The van der Waals surface area contributed by atoms with Crippen LogP contribution in [0.15, 0.2) is 0 Å². The molecule has 0 radical (unpaired) electrons. The number of carbonyl (C=O) groups is 1. The molecular weight excluding hydrogens is 164 g/mol. The molecule has 0 aliphatic heterocycles. The van der Waals surface area contributed by atoms with Crippen molar-refractivity contribution < 1.29 is 9.53 Å². The normalized spacial score (nSPS) is 45.6. The molecule has 3 aliphatic carbocycles. The number of carbonyl (C=O) groups excluding carboxylic acids is 1. The fourth-order valence-corrected chi connectivity index (χ4v) is 3.60. The van der Waals surface area contributed by atoms with Crippen LogP contribution in [0.3, 0.4) is 0 Å². The predicted octanol–water partition coefficient (Wildman–Crippen LogP) is 1.78. The molecule has 3 rings (SSSR count). The summed E-state index contributed by atoms with van der Waals surface area (Å²) in [6, 6.07) is 0. The summed E-state index contributed by atoms with van der Waals surface area (Å²) in [5, 5.41) is 0. The topological polar surface area (TPSA) is 26.3 Å². The fraction of sp³-hybridized carbons (Fsp3) is 0.909. The first-order chi connectivity index (χ1) is 6.26. The molecule has 2 nitrogen and oxygen atoms in total. The molecule has 0 N–H and O–H groups in total. The van der Waals surface area contributed by atoms with Crippen LogP contribution in [0, 0.1) is 17.3 Å². The number of methoxy groups -OCH3 is 1. The summed E-state index contributed by atoms with van der Waals surface area (Å²) in [4.78, 5) is 11.7. The molecule has 0 amide bonds. The van der Waals surface area contributed by atoms with E-state index >= 15 is 0 Å². The predicted molar refractivity (Wildman–Crippen MR) is 48.3 cm³/mol. The summed E-state index contributed by atoms with van der Waals surface area (Å²) >= 11 is 0. The molecule has 0 aromatic heterocycles. The zero-order chi connectivity index (χ0) is 9.05. The molecule has 3 atom stereocenters. The van der Waals surface area contributed by atoms with E-state index in [0.717, 1.165) is 19.3 Å². The van der Waals surface area contributed by atoms with Crippen LogP contribution >= 0.6 is 0 Å². The third-order valence-electron chi connectivity index (χ3n) is 4.49. The van der Waals surface area contributed by atoms with E-state index in [0.29, 0.717) is 23.7 Å². The Balaban J connectivity index is 1.84. The molecule has 0 heterocycles. The minimum absolute atomic E-state index is 0.165. The van der Waals surface area contributed by atoms with Gasteiger partial charge in [-0.05, 0) is 37.5 Å². The lowest BCUT2D eigenvalue weighted by Crippen LogP contribution is -2.18. The average Bonchev–Trinajstić information content (AvgIpc) is 2.77. The molecule has 0 saturated heterocycles. The molecule has 2 heteroatoms. The van der Waals surface area contributed by atoms with Crippen LogP contribution in [0.25, 0.3) is 0 Å². The Bertz CT molecular complexity index is 255. The van der Waals surface area contributed by atoms with Gasteiger partial charge in [0.15, 0.2) is 0 Å². The molecule has 72 valence electrons. The average molecular weight is 180 g/mol. The third kappa shape index (κ3) is 0.899. The van der Waals surface area contributed by atoms with Gasteiger partial charge in [-0.25, -0.2) is 0 Å². The molecule has 1 spiro atoms. The summed E-state index contributed by atoms with van der Waals surface area (Å²) in [6.45, 7) is 0. The van der Waals surface area contributed by atoms with Crippen LogP contribution in [-0.2, 0) is 9.53 Å². The molecule has 0 unspecified atom stereocenters. The lowest BCUT2D eigenvalue weighted by Gasteiger charge is -2.15. The minimum Gasteiger partial charge on any atom is -0.381 e. The molecule has 0 aromatic carbocycles. The van der Waals surface area contributed by atoms with E-state index in [1.54, 1.807) is 7.11 Å². The zero-order valence-electron chi connectivity index (χ0n) is 8.08. The molecule has 13 heavy (non-hydrogen) atoms. The van der Waals surface area contributed by atoms with Gasteiger partial charge in [0.2, 0.25) is 0 Å². The van der Waals surface area contributed by atoms with Gasteiger partial charge in [0.05, 0.1) is 6.10 Å². The molecule has 0 aromatic rings. The van der Waals surface area contributed by atoms with Gasteiger partial charge in [0.25, 0.3) is 0 Å². The quantitative estimate of drug-likeness (QED) is 0.615. The number of ether oxygens (including phenoxy) is 1. The van der Waals surface area contributed by atoms with E-state index in [9.17, 15) is 4.79 Å². The van der Waals surface area contributed by atoms with Gasteiger partial charge in [-0.15, -0.1) is 0 Å². The zero-order valence-corrected chi connectivity index (χ0v) is 8.08. The Morgan fingerprint density at radius 2 is 2.15 bits per heavy atom. The van der Waals surface area contributed by atoms with E-state index in [-0.39, 0.29) is 5.41 Å². The lowest BCUT2D eigenvalue weighted by atomic mass is 9.89. The molecule has 3 aliphatic rings. The molecule has 3 fully saturated rings. The first kappa shape index (κ1) is 7.98. The van der Waals surface area contributed by atoms with Crippen molar-refractivity contribution in [2.45, 2.75) is 38.2 Å². The second kappa shape index (κ2) is 2.35. The van der Waals surface area contributed by atoms with Crippen LogP contribution in [-0.4, -0.2) is 19.0 Å². The Labute approximate surface area is 78.6 Å². The smallest absolute Gasteiger partial charge is 0.139 e. The Kier molecular flexibility index (Phi) is 1.44. The van der Waals surface area contributed by atoms with Crippen molar-refractivity contribution >= 4 is 5.78 Å². The van der Waals surface area contributed by atoms with Gasteiger partial charge in [-0.3, -0.25) is 4.79 Å². The number of fused-ring (bicyclic) bond motifs is 2. The highest BCUT2D eigenvalue weighted by Crippen LogP contribution is 2.65. The number of hydrogen-bond donors (Lipinski definition) is 0. The van der Waals surface area contributed by atoms with E-state index in [1.807, 2.05) is 0 Å². The van der Waals surface area contributed by atoms with Crippen molar-refractivity contribution in [2.75, 3.05) is 7.11 Å². The lowest BCUT2D eigenvalue weighted by molar-refractivity contribution is -0.122. The van der Waals surface area contributed by atoms with Crippen molar-refractivity contribution in [3.8, 4) is 0 Å². The van der Waals surface area contributed by atoms with Gasteiger partial charge in [0, 0.05) is 18.9 Å². The maximum absolute atomic E-state index is 11.7. The van der Waals surface area contributed by atoms with E-state index < -0.39 is 0 Å². The fourth-order valence-electron chi connectivity index (χ4n) is 3.60. The van der Waals surface area contributed by atoms with Gasteiger partial charge >= 0.3 is 0 Å². The first-order valence-electron chi connectivity index (χ1n) is 5.32. The molecular formula is C11H16O2. The number of Topliss-reactive ketones (excluding diaryl/α,β-unsaturated/α-hetero) is 1. The highest BCUT2D eigenvalue weighted by atomic mass is 16.5. The van der Waals surface area contributed by atoms with Crippen LogP contribution in [0.5, 0.6) is 0 Å². The highest BCUT2D eigenvalue weighted by Gasteiger charge is 2.64. The number of ketones is 1. The third-order valence-corrected chi connectivity index (χ3v) is 4.49. The van der Waals surface area contributed by atoms with Crippen molar-refractivity contribution in [2.24, 2.45) is 17.3 Å². The maximum atomic E-state index is 11.7. The highest BCUT2D eigenvalue weighted by molar-refractivity contribution is 5.90. The second-order valence-corrected chi connectivity index (χ2v) is 4.98. The Morgan fingerprint density at radius 1 is 1.38 bits per heavy atom. The molecule has 3 saturated carbocycles. The monoisotopic (exact) mass is 180 g/mol. The minimum atomic E-state index is 0.165. The van der Waals surface area contributed by atoms with Gasteiger partial charge in [0.1, 0.15) is 5.78 Å². The van der Waals surface area contributed by atoms with Crippen LogP contribution < -0.4 is 0 Å². The second-order valence-electron chi connectivity index (χ2n) is 4.98. The standard InChI is InChI=1S/C11H16O2/c1-13-8-4-7-5-10(12)11(2-3-11)9(7)6-8/h7-9H,2-6H2,1H3/t7-,8-,9-/m1/s1. The summed E-state index contributed by atoms with van der Waals surface area (Å²) in [7, 11) is 1.80. The van der Waals surface area contributed by atoms with Crippen molar-refractivity contribution in [3.05, 3.63) is 0 Å². The SMILES string of the molecule is CO[C@@H]1C[C@@H]2CC(=O)C3(CC3)[C@@H]2C1. The first-order valence-corrected chi connectivity index (χ1v) is 5.32. The van der Waals surface area contributed by atoms with Crippen molar-refractivity contribution in [1.82, 2.24) is 0 Å². The maximum Gasteiger partial charge on any atom is 0.139 e. The van der Waals surface area contributed by atoms with Crippen LogP contribution in [0.1, 0.15) is 32.1 Å². The summed E-state index contributed by atoms with van der Waals surface area (Å²) in [5.74, 6) is 1.92. The summed E-state index contributed by atoms with van der Waals surface area (Å²) in [6.07, 6.45) is 5.92. The number of hydrogen-bond acceptors (Lipinski definition) is 2. The Hall–Kier alpha value is -0.370. The number of rotatable bonds is 1. The van der Waals surface area contributed by atoms with Crippen LogP contribution in [0.2, 0.25) is 0 Å². The van der Waals surface area contributed by atoms with E-state index in [2.05, 4.69) is 0 Å². The van der Waals surface area contributed by atoms with Crippen LogP contribution in [0.4, 0.5) is 0 Å². The Morgan fingerprint density at radius 3 is 2.77 bits per heavy atom.